The van der Waals surface area contributed by atoms with Crippen LogP contribution in [-0.2, 0) is 16.1 Å². The number of hydrogen-bond acceptors (Lipinski definition) is 6. The minimum atomic E-state index is 0.240. The first-order valence-corrected chi connectivity index (χ1v) is 6.47. The fourth-order valence-electron chi connectivity index (χ4n) is 1.63. The highest BCUT2D eigenvalue weighted by Gasteiger charge is 2.13. The summed E-state index contributed by atoms with van der Waals surface area (Å²) in [6.07, 6.45) is 0. The molecule has 0 bridgehead atoms. The van der Waals surface area contributed by atoms with Crippen LogP contribution >= 0.6 is 0 Å². The Morgan fingerprint density at radius 2 is 2.16 bits per heavy atom. The summed E-state index contributed by atoms with van der Waals surface area (Å²) < 4.78 is 10.5. The Kier molecular flexibility index (Phi) is 6.52. The van der Waals surface area contributed by atoms with E-state index in [1.807, 2.05) is 27.1 Å². The van der Waals surface area contributed by atoms with Crippen LogP contribution in [0.15, 0.2) is 6.07 Å². The Labute approximate surface area is 115 Å². The Morgan fingerprint density at radius 1 is 1.42 bits per heavy atom. The molecule has 1 unspecified atom stereocenters. The molecule has 1 aromatic rings. The molecule has 6 nitrogen and oxygen atoms in total. The van der Waals surface area contributed by atoms with Crippen molar-refractivity contribution >= 4 is 11.6 Å². The van der Waals surface area contributed by atoms with E-state index in [0.29, 0.717) is 25.6 Å². The van der Waals surface area contributed by atoms with Crippen LogP contribution in [0.1, 0.15) is 19.7 Å². The van der Waals surface area contributed by atoms with E-state index in [-0.39, 0.29) is 6.04 Å². The van der Waals surface area contributed by atoms with Gasteiger partial charge in [0.25, 0.3) is 0 Å². The molecule has 0 spiro atoms. The van der Waals surface area contributed by atoms with Crippen molar-refractivity contribution in [3.05, 3.63) is 11.9 Å². The monoisotopic (exact) mass is 268 g/mol. The predicted molar refractivity (Wildman–Crippen MR) is 76.6 cm³/mol. The van der Waals surface area contributed by atoms with Gasteiger partial charge in [-0.2, -0.15) is 0 Å². The zero-order valence-corrected chi connectivity index (χ0v) is 12.4. The molecule has 0 saturated heterocycles. The van der Waals surface area contributed by atoms with Gasteiger partial charge in [0.05, 0.1) is 12.6 Å². The average molecular weight is 268 g/mol. The molecule has 0 aliphatic heterocycles. The van der Waals surface area contributed by atoms with Crippen LogP contribution < -0.4 is 10.2 Å². The van der Waals surface area contributed by atoms with Crippen LogP contribution in [0, 0.1) is 0 Å². The molecular weight excluding hydrogens is 244 g/mol. The molecule has 0 radical (unpaired) electrons. The summed E-state index contributed by atoms with van der Waals surface area (Å²) in [5, 5.41) is 3.05. The second-order valence-electron chi connectivity index (χ2n) is 4.33. The van der Waals surface area contributed by atoms with Gasteiger partial charge in [-0.3, -0.25) is 0 Å². The molecule has 108 valence electrons. The maximum atomic E-state index is 5.37. The number of anilines is 2. The Morgan fingerprint density at radius 3 is 2.74 bits per heavy atom. The summed E-state index contributed by atoms with van der Waals surface area (Å²) in [5.41, 5.74) is 0. The molecule has 1 rings (SSSR count). The van der Waals surface area contributed by atoms with E-state index < -0.39 is 0 Å². The SMILES string of the molecule is CCOCc1nc(NC)cc(N(C)C(C)COC)n1. The van der Waals surface area contributed by atoms with Crippen molar-refractivity contribution in [1.29, 1.82) is 0 Å². The Hall–Kier alpha value is -1.40. The molecule has 1 heterocycles. The standard InChI is InChI=1S/C13H24N4O2/c1-6-19-9-12-15-11(14-3)7-13(16-12)17(4)10(2)8-18-5/h7,10H,6,8-9H2,1-5H3,(H,14,15,16). The zero-order chi connectivity index (χ0) is 14.3. The molecule has 1 N–H and O–H groups in total. The summed E-state index contributed by atoms with van der Waals surface area (Å²) in [6, 6.07) is 2.16. The fourth-order valence-corrected chi connectivity index (χ4v) is 1.63. The van der Waals surface area contributed by atoms with Gasteiger partial charge >= 0.3 is 0 Å². The van der Waals surface area contributed by atoms with Gasteiger partial charge in [0.1, 0.15) is 18.2 Å². The van der Waals surface area contributed by atoms with Gasteiger partial charge in [0.15, 0.2) is 5.82 Å². The van der Waals surface area contributed by atoms with Crippen LogP contribution in [0.5, 0.6) is 0 Å². The molecular formula is C13H24N4O2. The van der Waals surface area contributed by atoms with Gasteiger partial charge in [-0.1, -0.05) is 0 Å². The number of ether oxygens (including phenoxy) is 2. The van der Waals surface area contributed by atoms with Crippen molar-refractivity contribution in [3.8, 4) is 0 Å². The Balaban J connectivity index is 2.91. The molecule has 19 heavy (non-hydrogen) atoms. The number of likely N-dealkylation sites (N-methyl/N-ethyl adjacent to an activating group) is 1. The minimum absolute atomic E-state index is 0.240. The summed E-state index contributed by atoms with van der Waals surface area (Å²) >= 11 is 0. The number of aromatic nitrogens is 2. The molecule has 0 aliphatic rings. The third-order valence-corrected chi connectivity index (χ3v) is 2.88. The zero-order valence-electron chi connectivity index (χ0n) is 12.4. The highest BCUT2D eigenvalue weighted by atomic mass is 16.5. The molecule has 0 fully saturated rings. The van der Waals surface area contributed by atoms with E-state index in [1.54, 1.807) is 7.11 Å². The number of rotatable bonds is 8. The third-order valence-electron chi connectivity index (χ3n) is 2.88. The molecule has 0 aromatic carbocycles. The van der Waals surface area contributed by atoms with Crippen molar-refractivity contribution in [3.63, 3.8) is 0 Å². The van der Waals surface area contributed by atoms with Gasteiger partial charge < -0.3 is 19.7 Å². The number of hydrogen-bond donors (Lipinski definition) is 1. The van der Waals surface area contributed by atoms with Crippen molar-refractivity contribution in [2.24, 2.45) is 0 Å². The quantitative estimate of drug-likeness (QED) is 0.771. The lowest BCUT2D eigenvalue weighted by molar-refractivity contribution is 0.128. The van der Waals surface area contributed by atoms with Crippen LogP contribution in [0.4, 0.5) is 11.6 Å². The lowest BCUT2D eigenvalue weighted by Crippen LogP contribution is -2.33. The molecule has 6 heteroatoms. The Bertz CT molecular complexity index is 387. The minimum Gasteiger partial charge on any atom is -0.383 e. The summed E-state index contributed by atoms with van der Waals surface area (Å²) in [4.78, 5) is 11.0. The van der Waals surface area contributed by atoms with Crippen molar-refractivity contribution in [2.45, 2.75) is 26.5 Å². The van der Waals surface area contributed by atoms with Gasteiger partial charge in [-0.05, 0) is 13.8 Å². The second-order valence-corrected chi connectivity index (χ2v) is 4.33. The van der Waals surface area contributed by atoms with E-state index in [1.165, 1.54) is 0 Å². The third kappa shape index (κ3) is 4.65. The van der Waals surface area contributed by atoms with E-state index in [2.05, 4.69) is 27.1 Å². The maximum absolute atomic E-state index is 5.37. The molecule has 0 saturated carbocycles. The molecule has 1 aromatic heterocycles. The van der Waals surface area contributed by atoms with E-state index in [9.17, 15) is 0 Å². The predicted octanol–water partition coefficient (Wildman–Crippen LogP) is 1.53. The summed E-state index contributed by atoms with van der Waals surface area (Å²) in [6.45, 7) is 5.77. The normalized spacial score (nSPS) is 12.3. The van der Waals surface area contributed by atoms with E-state index in [4.69, 9.17) is 9.47 Å². The fraction of sp³-hybridized carbons (Fsp3) is 0.692. The van der Waals surface area contributed by atoms with Crippen LogP contribution in [0.25, 0.3) is 0 Å². The number of nitrogens with one attached hydrogen (secondary N) is 1. The van der Waals surface area contributed by atoms with Crippen LogP contribution in [0.3, 0.4) is 0 Å². The molecule has 0 aliphatic carbocycles. The lowest BCUT2D eigenvalue weighted by atomic mass is 10.3. The van der Waals surface area contributed by atoms with Crippen LogP contribution in [-0.4, -0.2) is 50.4 Å². The van der Waals surface area contributed by atoms with Crippen molar-refractivity contribution in [2.75, 3.05) is 44.6 Å². The largest absolute Gasteiger partial charge is 0.383 e. The number of methoxy groups -OCH3 is 1. The van der Waals surface area contributed by atoms with Gasteiger partial charge in [0, 0.05) is 33.9 Å². The number of nitrogens with zero attached hydrogens (tertiary/aromatic N) is 3. The highest BCUT2D eigenvalue weighted by Crippen LogP contribution is 2.17. The van der Waals surface area contributed by atoms with Crippen molar-refractivity contribution in [1.82, 2.24) is 9.97 Å². The molecule has 1 atom stereocenters. The highest BCUT2D eigenvalue weighted by molar-refractivity contribution is 5.49. The van der Waals surface area contributed by atoms with Gasteiger partial charge in [0.2, 0.25) is 0 Å². The lowest BCUT2D eigenvalue weighted by Gasteiger charge is -2.26. The topological polar surface area (TPSA) is 59.5 Å². The molecule has 0 amide bonds. The first-order valence-electron chi connectivity index (χ1n) is 6.47. The summed E-state index contributed by atoms with van der Waals surface area (Å²) in [5.74, 6) is 2.33. The summed E-state index contributed by atoms with van der Waals surface area (Å²) in [7, 11) is 5.54. The average Bonchev–Trinajstić information content (AvgIpc) is 2.44. The van der Waals surface area contributed by atoms with Crippen LogP contribution in [0.2, 0.25) is 0 Å². The maximum Gasteiger partial charge on any atom is 0.158 e. The van der Waals surface area contributed by atoms with Crippen molar-refractivity contribution < 1.29 is 9.47 Å². The van der Waals surface area contributed by atoms with Gasteiger partial charge in [-0.15, -0.1) is 0 Å². The van der Waals surface area contributed by atoms with E-state index in [0.717, 1.165) is 11.6 Å². The van der Waals surface area contributed by atoms with E-state index >= 15 is 0 Å². The first kappa shape index (κ1) is 15.7. The van der Waals surface area contributed by atoms with Gasteiger partial charge in [-0.25, -0.2) is 9.97 Å². The second kappa shape index (κ2) is 7.91. The first-order chi connectivity index (χ1) is 9.12. The smallest absolute Gasteiger partial charge is 0.158 e.